The molecule has 0 radical (unpaired) electrons. The van der Waals surface area contributed by atoms with Gasteiger partial charge in [0.05, 0.1) is 5.92 Å². The maximum Gasteiger partial charge on any atom is 0.310 e. The van der Waals surface area contributed by atoms with E-state index in [0.29, 0.717) is 6.42 Å². The third-order valence-corrected chi connectivity index (χ3v) is 2.61. The molecular formula is C11H12O3. The Morgan fingerprint density at radius 1 is 1.57 bits per heavy atom. The van der Waals surface area contributed by atoms with Gasteiger partial charge in [0.2, 0.25) is 0 Å². The van der Waals surface area contributed by atoms with Crippen LogP contribution in [0.5, 0.6) is 5.75 Å². The number of carbonyl (C=O) groups is 1. The van der Waals surface area contributed by atoms with Crippen molar-refractivity contribution in [2.45, 2.75) is 13.3 Å². The number of hydrogen-bond donors (Lipinski definition) is 1. The molecule has 14 heavy (non-hydrogen) atoms. The van der Waals surface area contributed by atoms with Crippen LogP contribution in [0.2, 0.25) is 0 Å². The number of hydrogen-bond acceptors (Lipinski definition) is 2. The molecule has 1 aromatic carbocycles. The number of rotatable bonds is 1. The molecule has 0 amide bonds. The molecule has 1 unspecified atom stereocenters. The van der Waals surface area contributed by atoms with E-state index in [9.17, 15) is 4.79 Å². The van der Waals surface area contributed by atoms with Crippen molar-refractivity contribution < 1.29 is 14.6 Å². The highest BCUT2D eigenvalue weighted by Crippen LogP contribution is 2.29. The quantitative estimate of drug-likeness (QED) is 0.735. The molecule has 74 valence electrons. The number of fused-ring (bicyclic) bond motifs is 1. The Kier molecular flexibility index (Phi) is 2.15. The summed E-state index contributed by atoms with van der Waals surface area (Å²) in [5, 5.41) is 8.87. The van der Waals surface area contributed by atoms with E-state index in [1.165, 1.54) is 0 Å². The van der Waals surface area contributed by atoms with Crippen molar-refractivity contribution in [1.82, 2.24) is 0 Å². The molecule has 0 aliphatic carbocycles. The van der Waals surface area contributed by atoms with E-state index in [-0.39, 0.29) is 6.61 Å². The van der Waals surface area contributed by atoms with E-state index in [1.54, 1.807) is 0 Å². The maximum atomic E-state index is 10.8. The summed E-state index contributed by atoms with van der Waals surface area (Å²) in [6, 6.07) is 5.79. The lowest BCUT2D eigenvalue weighted by Crippen LogP contribution is -2.28. The van der Waals surface area contributed by atoms with Crippen LogP contribution in [0.15, 0.2) is 18.2 Å². The van der Waals surface area contributed by atoms with Crippen LogP contribution in [0.3, 0.4) is 0 Å². The smallest absolute Gasteiger partial charge is 0.310 e. The zero-order valence-electron chi connectivity index (χ0n) is 7.99. The molecule has 3 nitrogen and oxygen atoms in total. The molecule has 3 heteroatoms. The SMILES string of the molecule is Cc1cccc2c1CC(C(=O)O)CO2. The minimum absolute atomic E-state index is 0.284. The molecule has 0 fully saturated rings. The van der Waals surface area contributed by atoms with Gasteiger partial charge in [-0.2, -0.15) is 0 Å². The van der Waals surface area contributed by atoms with E-state index in [4.69, 9.17) is 9.84 Å². The molecular weight excluding hydrogens is 180 g/mol. The third-order valence-electron chi connectivity index (χ3n) is 2.61. The second-order valence-electron chi connectivity index (χ2n) is 3.60. The Morgan fingerprint density at radius 2 is 2.36 bits per heavy atom. The molecule has 1 N–H and O–H groups in total. The molecule has 0 saturated heterocycles. The average Bonchev–Trinajstić information content (AvgIpc) is 2.18. The van der Waals surface area contributed by atoms with Crippen molar-refractivity contribution >= 4 is 5.97 Å². The van der Waals surface area contributed by atoms with Crippen LogP contribution in [0.4, 0.5) is 0 Å². The fraction of sp³-hybridized carbons (Fsp3) is 0.364. The lowest BCUT2D eigenvalue weighted by atomic mass is 9.94. The van der Waals surface area contributed by atoms with Gasteiger partial charge in [-0.15, -0.1) is 0 Å². The summed E-state index contributed by atoms with van der Waals surface area (Å²) >= 11 is 0. The van der Waals surface area contributed by atoms with Gasteiger partial charge in [-0.3, -0.25) is 4.79 Å². The number of carboxylic acid groups (broad SMARTS) is 1. The second kappa shape index (κ2) is 3.33. The highest BCUT2D eigenvalue weighted by molar-refractivity contribution is 5.71. The highest BCUT2D eigenvalue weighted by Gasteiger charge is 2.26. The van der Waals surface area contributed by atoms with Crippen LogP contribution < -0.4 is 4.74 Å². The Hall–Kier alpha value is -1.51. The Labute approximate surface area is 82.3 Å². The summed E-state index contributed by atoms with van der Waals surface area (Å²) in [7, 11) is 0. The van der Waals surface area contributed by atoms with Crippen molar-refractivity contribution in [3.63, 3.8) is 0 Å². The van der Waals surface area contributed by atoms with Crippen LogP contribution in [0.25, 0.3) is 0 Å². The lowest BCUT2D eigenvalue weighted by Gasteiger charge is -2.23. The van der Waals surface area contributed by atoms with Gasteiger partial charge in [-0.05, 0) is 30.5 Å². The fourth-order valence-electron chi connectivity index (χ4n) is 1.73. The molecule has 0 aromatic heterocycles. The van der Waals surface area contributed by atoms with E-state index in [0.717, 1.165) is 16.9 Å². The van der Waals surface area contributed by atoms with Crippen LogP contribution in [0.1, 0.15) is 11.1 Å². The molecule has 0 spiro atoms. The first-order chi connectivity index (χ1) is 6.68. The molecule has 1 aliphatic heterocycles. The monoisotopic (exact) mass is 192 g/mol. The van der Waals surface area contributed by atoms with Gasteiger partial charge in [0.1, 0.15) is 12.4 Å². The molecule has 1 aromatic rings. The third kappa shape index (κ3) is 1.45. The summed E-state index contributed by atoms with van der Waals surface area (Å²) < 4.78 is 5.40. The molecule has 2 rings (SSSR count). The second-order valence-corrected chi connectivity index (χ2v) is 3.60. The predicted molar refractivity (Wildman–Crippen MR) is 51.5 cm³/mol. The van der Waals surface area contributed by atoms with Crippen molar-refractivity contribution in [3.8, 4) is 5.75 Å². The first-order valence-corrected chi connectivity index (χ1v) is 4.62. The van der Waals surface area contributed by atoms with E-state index in [2.05, 4.69) is 0 Å². The largest absolute Gasteiger partial charge is 0.492 e. The number of ether oxygens (including phenoxy) is 1. The Bertz CT molecular complexity index is 371. The minimum atomic E-state index is -0.779. The average molecular weight is 192 g/mol. The molecule has 0 saturated carbocycles. The number of benzene rings is 1. The van der Waals surface area contributed by atoms with Crippen molar-refractivity contribution in [1.29, 1.82) is 0 Å². The van der Waals surface area contributed by atoms with E-state index < -0.39 is 11.9 Å². The zero-order chi connectivity index (χ0) is 10.1. The van der Waals surface area contributed by atoms with Crippen LogP contribution in [-0.2, 0) is 11.2 Å². The molecule has 0 bridgehead atoms. The topological polar surface area (TPSA) is 46.5 Å². The first-order valence-electron chi connectivity index (χ1n) is 4.62. The fourth-order valence-corrected chi connectivity index (χ4v) is 1.73. The Morgan fingerprint density at radius 3 is 3.07 bits per heavy atom. The van der Waals surface area contributed by atoms with Gasteiger partial charge >= 0.3 is 5.97 Å². The van der Waals surface area contributed by atoms with Gasteiger partial charge < -0.3 is 9.84 Å². The highest BCUT2D eigenvalue weighted by atomic mass is 16.5. The van der Waals surface area contributed by atoms with E-state index >= 15 is 0 Å². The predicted octanol–water partition coefficient (Wildman–Crippen LogP) is 1.63. The summed E-state index contributed by atoms with van der Waals surface area (Å²) in [6.45, 7) is 2.26. The van der Waals surface area contributed by atoms with Crippen LogP contribution in [0, 0.1) is 12.8 Å². The number of aliphatic carboxylic acids is 1. The van der Waals surface area contributed by atoms with Crippen molar-refractivity contribution in [3.05, 3.63) is 29.3 Å². The van der Waals surface area contributed by atoms with Crippen LogP contribution >= 0.6 is 0 Å². The molecule has 1 aliphatic rings. The van der Waals surface area contributed by atoms with Crippen molar-refractivity contribution in [2.75, 3.05) is 6.61 Å². The van der Waals surface area contributed by atoms with Gasteiger partial charge in [-0.1, -0.05) is 12.1 Å². The number of carboxylic acids is 1. The molecule has 1 heterocycles. The summed E-state index contributed by atoms with van der Waals surface area (Å²) in [6.07, 6.45) is 0.581. The normalized spacial score (nSPS) is 19.6. The van der Waals surface area contributed by atoms with Gasteiger partial charge in [0.15, 0.2) is 0 Å². The van der Waals surface area contributed by atoms with Gasteiger partial charge in [-0.25, -0.2) is 0 Å². The number of aryl methyl sites for hydroxylation is 1. The Balaban J connectivity index is 2.33. The van der Waals surface area contributed by atoms with Gasteiger partial charge in [0.25, 0.3) is 0 Å². The standard InChI is InChI=1S/C11H12O3/c1-7-3-2-4-10-9(7)5-8(6-14-10)11(12)13/h2-4,8H,5-6H2,1H3,(H,12,13). The summed E-state index contributed by atoms with van der Waals surface area (Å²) in [5.41, 5.74) is 2.14. The minimum Gasteiger partial charge on any atom is -0.492 e. The van der Waals surface area contributed by atoms with Crippen LogP contribution in [-0.4, -0.2) is 17.7 Å². The molecule has 1 atom stereocenters. The maximum absolute atomic E-state index is 10.8. The zero-order valence-corrected chi connectivity index (χ0v) is 7.99. The van der Waals surface area contributed by atoms with E-state index in [1.807, 2.05) is 25.1 Å². The summed E-state index contributed by atoms with van der Waals surface area (Å²) in [4.78, 5) is 10.8. The lowest BCUT2D eigenvalue weighted by molar-refractivity contribution is -0.143. The summed E-state index contributed by atoms with van der Waals surface area (Å²) in [5.74, 6) is -0.343. The van der Waals surface area contributed by atoms with Gasteiger partial charge in [0, 0.05) is 0 Å². The first kappa shape index (κ1) is 9.06. The van der Waals surface area contributed by atoms with Crippen molar-refractivity contribution in [2.24, 2.45) is 5.92 Å².